The zero-order chi connectivity index (χ0) is 33.4. The molecule has 0 spiro atoms. The van der Waals surface area contributed by atoms with Gasteiger partial charge in [0.25, 0.3) is 0 Å². The van der Waals surface area contributed by atoms with Crippen LogP contribution in [-0.2, 0) is 33.1 Å². The summed E-state index contributed by atoms with van der Waals surface area (Å²) in [6, 6.07) is 21.1. The van der Waals surface area contributed by atoms with E-state index < -0.39 is 20.2 Å². The van der Waals surface area contributed by atoms with Crippen molar-refractivity contribution in [3.63, 3.8) is 0 Å². The quantitative estimate of drug-likeness (QED) is 0.0578. The summed E-state index contributed by atoms with van der Waals surface area (Å²) in [7, 11) is -8.87. The van der Waals surface area contributed by atoms with Gasteiger partial charge >= 0.3 is 37.7 Å². The molecule has 4 aromatic rings. The van der Waals surface area contributed by atoms with Crippen LogP contribution in [0.1, 0.15) is 115 Å². The van der Waals surface area contributed by atoms with Crippen molar-refractivity contribution in [2.24, 2.45) is 0 Å². The Morgan fingerprint density at radius 3 is 1.04 bits per heavy atom. The molecule has 6 nitrogen and oxygen atoms in total. The molecular formula is C38H50CaO6S2. The number of hydrogen-bond acceptors (Lipinski definition) is 6. The SMILES string of the molecule is CCCCCCCCCc1ccc(S(=O)(=O)[O-])c2ccccc12.CCCCCCCCCc1ccc(S(=O)(=O)[O-])c2ccccc12.[Ca+2]. The molecule has 0 aliphatic rings. The van der Waals surface area contributed by atoms with Crippen molar-refractivity contribution in [2.45, 2.75) is 126 Å². The van der Waals surface area contributed by atoms with Gasteiger partial charge in [0.05, 0.1) is 9.79 Å². The Balaban J connectivity index is 0.000000320. The minimum atomic E-state index is -4.43. The average Bonchev–Trinajstić information content (AvgIpc) is 3.03. The molecule has 0 saturated heterocycles. The van der Waals surface area contributed by atoms with Crippen LogP contribution >= 0.6 is 0 Å². The maximum atomic E-state index is 11.4. The fourth-order valence-corrected chi connectivity index (χ4v) is 7.45. The maximum absolute atomic E-state index is 11.4. The molecule has 0 aromatic heterocycles. The Bertz CT molecular complexity index is 1610. The van der Waals surface area contributed by atoms with Gasteiger partial charge in [-0.25, -0.2) is 16.8 Å². The summed E-state index contributed by atoms with van der Waals surface area (Å²) in [5, 5.41) is 2.86. The Kier molecular flexibility index (Phi) is 19.1. The van der Waals surface area contributed by atoms with Crippen LogP contribution in [0, 0.1) is 0 Å². The molecule has 0 aliphatic heterocycles. The molecule has 0 saturated carbocycles. The zero-order valence-electron chi connectivity index (χ0n) is 28.2. The number of benzene rings is 4. The van der Waals surface area contributed by atoms with Crippen molar-refractivity contribution in [2.75, 3.05) is 0 Å². The van der Waals surface area contributed by atoms with Crippen LogP contribution in [0.4, 0.5) is 0 Å². The first-order chi connectivity index (χ1) is 22.1. The van der Waals surface area contributed by atoms with Gasteiger partial charge in [-0.1, -0.05) is 152 Å². The second kappa shape index (κ2) is 21.5. The van der Waals surface area contributed by atoms with Crippen molar-refractivity contribution in [3.05, 3.63) is 83.9 Å². The summed E-state index contributed by atoms with van der Waals surface area (Å²) in [4.78, 5) is -0.229. The van der Waals surface area contributed by atoms with Crippen LogP contribution < -0.4 is 0 Å². The Morgan fingerprint density at radius 1 is 0.426 bits per heavy atom. The molecule has 0 atom stereocenters. The summed E-state index contributed by atoms with van der Waals surface area (Å²) in [6.45, 7) is 4.44. The molecule has 0 heterocycles. The average molecular weight is 707 g/mol. The van der Waals surface area contributed by atoms with Crippen molar-refractivity contribution >= 4 is 79.5 Å². The second-order valence-corrected chi connectivity index (χ2v) is 14.9. The van der Waals surface area contributed by atoms with E-state index in [0.29, 0.717) is 10.8 Å². The van der Waals surface area contributed by atoms with Crippen molar-refractivity contribution in [1.82, 2.24) is 0 Å². The predicted octanol–water partition coefficient (Wildman–Crippen LogP) is 9.69. The second-order valence-electron chi connectivity index (χ2n) is 12.2. The molecule has 0 unspecified atom stereocenters. The molecule has 0 radical (unpaired) electrons. The van der Waals surface area contributed by atoms with Gasteiger partial charge in [-0.3, -0.25) is 0 Å². The number of aryl methyl sites for hydroxylation is 2. The van der Waals surface area contributed by atoms with Gasteiger partial charge in [-0.05, 0) is 70.5 Å². The van der Waals surface area contributed by atoms with Crippen molar-refractivity contribution in [1.29, 1.82) is 0 Å². The smallest absolute Gasteiger partial charge is 0.744 e. The Morgan fingerprint density at radius 2 is 0.723 bits per heavy atom. The summed E-state index contributed by atoms with van der Waals surface area (Å²) in [5.74, 6) is 0. The van der Waals surface area contributed by atoms with E-state index in [-0.39, 0.29) is 47.5 Å². The molecule has 252 valence electrons. The first-order valence-corrected chi connectivity index (χ1v) is 19.8. The van der Waals surface area contributed by atoms with E-state index in [9.17, 15) is 25.9 Å². The van der Waals surface area contributed by atoms with E-state index in [2.05, 4.69) is 13.8 Å². The van der Waals surface area contributed by atoms with Crippen LogP contribution in [0.25, 0.3) is 21.5 Å². The summed E-state index contributed by atoms with van der Waals surface area (Å²) >= 11 is 0. The van der Waals surface area contributed by atoms with Crippen LogP contribution in [0.15, 0.2) is 82.6 Å². The Labute approximate surface area is 313 Å². The monoisotopic (exact) mass is 706 g/mol. The minimum absolute atomic E-state index is 0. The van der Waals surface area contributed by atoms with Crippen LogP contribution in [0.2, 0.25) is 0 Å². The number of hydrogen-bond donors (Lipinski definition) is 0. The zero-order valence-corrected chi connectivity index (χ0v) is 32.1. The van der Waals surface area contributed by atoms with Gasteiger partial charge in [0.2, 0.25) is 0 Å². The first-order valence-electron chi connectivity index (χ1n) is 17.0. The fraction of sp³-hybridized carbons (Fsp3) is 0.474. The summed E-state index contributed by atoms with van der Waals surface area (Å²) in [6.07, 6.45) is 19.3. The molecule has 0 bridgehead atoms. The van der Waals surface area contributed by atoms with Crippen molar-refractivity contribution < 1.29 is 25.9 Å². The third kappa shape index (κ3) is 13.7. The van der Waals surface area contributed by atoms with E-state index in [4.69, 9.17) is 0 Å². The minimum Gasteiger partial charge on any atom is -0.744 e. The van der Waals surface area contributed by atoms with Crippen molar-refractivity contribution in [3.8, 4) is 0 Å². The molecule has 0 fully saturated rings. The topological polar surface area (TPSA) is 114 Å². The van der Waals surface area contributed by atoms with Crippen LogP contribution in [0.5, 0.6) is 0 Å². The largest absolute Gasteiger partial charge is 2.00 e. The van der Waals surface area contributed by atoms with E-state index >= 15 is 0 Å². The van der Waals surface area contributed by atoms with E-state index in [1.165, 1.54) is 89.2 Å². The molecule has 0 amide bonds. The van der Waals surface area contributed by atoms with E-state index in [1.807, 2.05) is 24.3 Å². The molecule has 4 rings (SSSR count). The molecule has 47 heavy (non-hydrogen) atoms. The van der Waals surface area contributed by atoms with Gasteiger partial charge in [-0.15, -0.1) is 0 Å². The van der Waals surface area contributed by atoms with Crippen LogP contribution in [-0.4, -0.2) is 63.7 Å². The van der Waals surface area contributed by atoms with E-state index in [1.54, 1.807) is 36.4 Å². The van der Waals surface area contributed by atoms with Gasteiger partial charge < -0.3 is 9.11 Å². The first kappa shape index (κ1) is 41.7. The maximum Gasteiger partial charge on any atom is 2.00 e. The van der Waals surface area contributed by atoms with Crippen LogP contribution in [0.3, 0.4) is 0 Å². The van der Waals surface area contributed by atoms with Gasteiger partial charge in [0.1, 0.15) is 20.2 Å². The predicted molar refractivity (Wildman–Crippen MR) is 193 cm³/mol. The summed E-state index contributed by atoms with van der Waals surface area (Å²) < 4.78 is 68.3. The fourth-order valence-electron chi connectivity index (χ4n) is 6.08. The number of fused-ring (bicyclic) bond motifs is 2. The molecule has 9 heteroatoms. The molecular weight excluding hydrogens is 657 g/mol. The Hall–Kier alpha value is -1.52. The molecule has 4 aromatic carbocycles. The third-order valence-corrected chi connectivity index (χ3v) is 10.4. The van der Waals surface area contributed by atoms with Gasteiger partial charge in [-0.2, -0.15) is 0 Å². The normalized spacial score (nSPS) is 11.7. The summed E-state index contributed by atoms with van der Waals surface area (Å²) in [5.41, 5.74) is 2.25. The molecule has 0 N–H and O–H groups in total. The number of unbranched alkanes of at least 4 members (excludes halogenated alkanes) is 12. The van der Waals surface area contributed by atoms with E-state index in [0.717, 1.165) is 47.6 Å². The standard InChI is InChI=1S/2C19H26O3S.Ca/c2*1-2-3-4-5-6-7-8-11-16-14-15-19(23(20,21)22)18-13-10-9-12-17(16)18;/h2*9-10,12-15H,2-8,11H2,1H3,(H,20,21,22);/q;;+2/p-2. The van der Waals surface area contributed by atoms with Gasteiger partial charge in [0, 0.05) is 0 Å². The third-order valence-electron chi connectivity index (χ3n) is 8.59. The van der Waals surface area contributed by atoms with Gasteiger partial charge in [0.15, 0.2) is 0 Å². The number of rotatable bonds is 18. The molecule has 0 aliphatic carbocycles.